The second kappa shape index (κ2) is 9.91. The second-order valence-electron chi connectivity index (χ2n) is 4.49. The van der Waals surface area contributed by atoms with Gasteiger partial charge in [0.1, 0.15) is 12.4 Å². The third kappa shape index (κ3) is 7.75. The van der Waals surface area contributed by atoms with Gasteiger partial charge >= 0.3 is 0 Å². The maximum absolute atomic E-state index is 10.6. The average molecular weight is 327 g/mol. The lowest BCUT2D eigenvalue weighted by Gasteiger charge is -2.13. The van der Waals surface area contributed by atoms with E-state index in [0.717, 1.165) is 17.5 Å². The summed E-state index contributed by atoms with van der Waals surface area (Å²) in [5, 5.41) is 16.2. The number of methoxy groups -OCH3 is 1. The van der Waals surface area contributed by atoms with Crippen LogP contribution in [0.4, 0.5) is 0 Å². The van der Waals surface area contributed by atoms with E-state index >= 15 is 0 Å². The molecule has 1 aromatic carbocycles. The summed E-state index contributed by atoms with van der Waals surface area (Å²) in [5.41, 5.74) is 0.974. The summed E-state index contributed by atoms with van der Waals surface area (Å²) in [6, 6.07) is 7.47. The molecule has 1 rings (SSSR count). The zero-order valence-electron chi connectivity index (χ0n) is 12.6. The van der Waals surface area contributed by atoms with Crippen molar-refractivity contribution in [3.63, 3.8) is 0 Å². The maximum Gasteiger partial charge on any atom is 0.274 e. The number of hydrogen-bond acceptors (Lipinski definition) is 7. The molecule has 0 saturated heterocycles. The Morgan fingerprint density at radius 3 is 2.64 bits per heavy atom. The molecular formula is C14H21N3O4S. The Kier molecular flexibility index (Phi) is 8.16. The number of thiol groups is 1. The van der Waals surface area contributed by atoms with E-state index in [1.165, 1.54) is 0 Å². The van der Waals surface area contributed by atoms with Crippen LogP contribution in [0.15, 0.2) is 36.3 Å². The van der Waals surface area contributed by atoms with Crippen LogP contribution in [0.25, 0.3) is 0 Å². The molecule has 7 nitrogen and oxygen atoms in total. The Labute approximate surface area is 135 Å². The largest absolute Gasteiger partial charge is 0.491 e. The van der Waals surface area contributed by atoms with Gasteiger partial charge in [0.15, 0.2) is 5.82 Å². The molecule has 2 N–H and O–H groups in total. The van der Waals surface area contributed by atoms with Crippen LogP contribution in [0.2, 0.25) is 0 Å². The minimum absolute atomic E-state index is 0.199. The van der Waals surface area contributed by atoms with Crippen LogP contribution < -0.4 is 15.4 Å². The topological polar surface area (TPSA) is 85.7 Å². The fraction of sp³-hybridized carbons (Fsp3) is 0.429. The summed E-state index contributed by atoms with van der Waals surface area (Å²) in [5.74, 6) is 1.07. The molecule has 122 valence electrons. The summed E-state index contributed by atoms with van der Waals surface area (Å²) >= 11 is 4.15. The Hall–Kier alpha value is -1.93. The zero-order valence-corrected chi connectivity index (χ0v) is 13.5. The molecular weight excluding hydrogens is 306 g/mol. The highest BCUT2D eigenvalue weighted by Gasteiger charge is 2.05. The molecule has 0 radical (unpaired) electrons. The summed E-state index contributed by atoms with van der Waals surface area (Å²) in [7, 11) is 1.62. The van der Waals surface area contributed by atoms with Gasteiger partial charge in [0, 0.05) is 13.7 Å². The van der Waals surface area contributed by atoms with Gasteiger partial charge in [-0.3, -0.25) is 10.1 Å². The number of nitrogens with one attached hydrogen (secondary N) is 2. The van der Waals surface area contributed by atoms with Crippen LogP contribution in [0, 0.1) is 10.1 Å². The number of rotatable bonds is 10. The van der Waals surface area contributed by atoms with Gasteiger partial charge in [-0.1, -0.05) is 12.1 Å². The van der Waals surface area contributed by atoms with Crippen molar-refractivity contribution in [3.05, 3.63) is 52.0 Å². The van der Waals surface area contributed by atoms with E-state index in [0.29, 0.717) is 25.6 Å². The van der Waals surface area contributed by atoms with E-state index in [4.69, 9.17) is 9.47 Å². The van der Waals surface area contributed by atoms with E-state index in [1.54, 1.807) is 14.0 Å². The first-order valence-corrected chi connectivity index (χ1v) is 7.27. The van der Waals surface area contributed by atoms with E-state index < -0.39 is 4.92 Å². The molecule has 0 fully saturated rings. The number of nitrogens with zero attached hydrogens (tertiary/aromatic N) is 1. The van der Waals surface area contributed by atoms with Gasteiger partial charge < -0.3 is 20.1 Å². The highest BCUT2D eigenvalue weighted by Crippen LogP contribution is 2.12. The highest BCUT2D eigenvalue weighted by molar-refractivity contribution is 7.80. The molecule has 0 heterocycles. The van der Waals surface area contributed by atoms with Gasteiger partial charge in [0.25, 0.3) is 6.20 Å². The Balaban J connectivity index is 2.53. The molecule has 0 saturated carbocycles. The summed E-state index contributed by atoms with van der Waals surface area (Å²) < 4.78 is 10.4. The number of hydrogen-bond donors (Lipinski definition) is 3. The van der Waals surface area contributed by atoms with Crippen molar-refractivity contribution in [2.75, 3.05) is 20.3 Å². The molecule has 0 aliphatic heterocycles. The van der Waals surface area contributed by atoms with Gasteiger partial charge in [0.2, 0.25) is 0 Å². The molecule has 1 atom stereocenters. The molecule has 22 heavy (non-hydrogen) atoms. The highest BCUT2D eigenvalue weighted by atomic mass is 32.1. The van der Waals surface area contributed by atoms with Crippen LogP contribution in [-0.4, -0.2) is 30.6 Å². The average Bonchev–Trinajstić information content (AvgIpc) is 2.45. The van der Waals surface area contributed by atoms with Crippen molar-refractivity contribution in [2.45, 2.75) is 18.8 Å². The standard InChI is InChI=1S/C14H21N3O4S/c1-11(22)16-14(10-17(18)19)15-9-12-3-5-13(6-4-12)21-8-7-20-2/h3-6,10-11,15-16,22H,7-9H2,1-2H3. The fourth-order valence-electron chi connectivity index (χ4n) is 1.61. The molecule has 0 bridgehead atoms. The minimum Gasteiger partial charge on any atom is -0.491 e. The van der Waals surface area contributed by atoms with Crippen LogP contribution in [0.3, 0.4) is 0 Å². The van der Waals surface area contributed by atoms with Gasteiger partial charge in [-0.15, -0.1) is 0 Å². The molecule has 0 spiro atoms. The SMILES string of the molecule is COCCOc1ccc(CNC(=C[N+](=O)[O-])NC(C)S)cc1. The molecule has 8 heteroatoms. The van der Waals surface area contributed by atoms with Crippen molar-refractivity contribution in [2.24, 2.45) is 0 Å². The van der Waals surface area contributed by atoms with Crippen molar-refractivity contribution in [1.29, 1.82) is 0 Å². The van der Waals surface area contributed by atoms with E-state index in [2.05, 4.69) is 23.3 Å². The minimum atomic E-state index is -0.516. The lowest BCUT2D eigenvalue weighted by atomic mass is 10.2. The van der Waals surface area contributed by atoms with Gasteiger partial charge in [0.05, 0.1) is 16.9 Å². The first kappa shape index (κ1) is 18.1. The monoisotopic (exact) mass is 327 g/mol. The smallest absolute Gasteiger partial charge is 0.274 e. The third-order valence-corrected chi connectivity index (χ3v) is 2.69. The van der Waals surface area contributed by atoms with E-state index in [-0.39, 0.29) is 5.37 Å². The van der Waals surface area contributed by atoms with E-state index in [1.807, 2.05) is 24.3 Å². The molecule has 0 aliphatic carbocycles. The first-order chi connectivity index (χ1) is 10.5. The van der Waals surface area contributed by atoms with Crippen molar-refractivity contribution in [3.8, 4) is 5.75 Å². The summed E-state index contributed by atoms with van der Waals surface area (Å²) in [4.78, 5) is 10.1. The summed E-state index contributed by atoms with van der Waals surface area (Å²) in [6.45, 7) is 3.26. The lowest BCUT2D eigenvalue weighted by molar-refractivity contribution is -0.404. The summed E-state index contributed by atoms with van der Waals surface area (Å²) in [6.07, 6.45) is 0.884. The van der Waals surface area contributed by atoms with Crippen LogP contribution in [0.1, 0.15) is 12.5 Å². The number of ether oxygens (including phenoxy) is 2. The van der Waals surface area contributed by atoms with Crippen LogP contribution >= 0.6 is 12.6 Å². The van der Waals surface area contributed by atoms with Crippen LogP contribution in [-0.2, 0) is 11.3 Å². The lowest BCUT2D eigenvalue weighted by Crippen LogP contribution is -2.30. The number of benzene rings is 1. The maximum atomic E-state index is 10.6. The molecule has 1 unspecified atom stereocenters. The molecule has 0 aliphatic rings. The van der Waals surface area contributed by atoms with Crippen molar-refractivity contribution >= 4 is 12.6 Å². The quantitative estimate of drug-likeness (QED) is 0.200. The van der Waals surface area contributed by atoms with Crippen LogP contribution in [0.5, 0.6) is 5.75 Å². The molecule has 0 amide bonds. The molecule has 0 aromatic heterocycles. The van der Waals surface area contributed by atoms with E-state index in [9.17, 15) is 10.1 Å². The Morgan fingerprint density at radius 1 is 1.41 bits per heavy atom. The Bertz CT molecular complexity index is 491. The number of nitro groups is 1. The van der Waals surface area contributed by atoms with Gasteiger partial charge in [-0.05, 0) is 24.6 Å². The third-order valence-electron chi connectivity index (χ3n) is 2.56. The Morgan fingerprint density at radius 2 is 2.09 bits per heavy atom. The second-order valence-corrected chi connectivity index (χ2v) is 5.26. The van der Waals surface area contributed by atoms with Crippen molar-refractivity contribution in [1.82, 2.24) is 10.6 Å². The van der Waals surface area contributed by atoms with Gasteiger partial charge in [-0.25, -0.2) is 0 Å². The van der Waals surface area contributed by atoms with Gasteiger partial charge in [-0.2, -0.15) is 12.6 Å². The normalized spacial score (nSPS) is 12.6. The molecule has 1 aromatic rings. The first-order valence-electron chi connectivity index (χ1n) is 6.75. The zero-order chi connectivity index (χ0) is 16.4. The fourth-order valence-corrected chi connectivity index (χ4v) is 1.75. The predicted octanol–water partition coefficient (Wildman–Crippen LogP) is 1.74. The van der Waals surface area contributed by atoms with Crippen molar-refractivity contribution < 1.29 is 14.4 Å². The predicted molar refractivity (Wildman–Crippen MR) is 87.3 cm³/mol.